The van der Waals surface area contributed by atoms with Crippen LogP contribution in [0.2, 0.25) is 0 Å². The Bertz CT molecular complexity index is 386. The highest BCUT2D eigenvalue weighted by Gasteiger charge is 2.10. The summed E-state index contributed by atoms with van der Waals surface area (Å²) in [7, 11) is 3.22. The minimum Gasteiger partial charge on any atom is -0.481 e. The maximum Gasteiger partial charge on any atom is 0.210 e. The maximum absolute atomic E-state index is 7.89. The van der Waals surface area contributed by atoms with Crippen molar-refractivity contribution in [3.63, 3.8) is 0 Å². The fraction of sp³-hybridized carbons (Fsp3) is 0.625. The van der Waals surface area contributed by atoms with E-state index >= 15 is 0 Å². The highest BCUT2D eigenvalue weighted by molar-refractivity contribution is 6.64. The van der Waals surface area contributed by atoms with Gasteiger partial charge in [0.05, 0.1) is 12.8 Å². The maximum atomic E-state index is 7.89. The lowest BCUT2D eigenvalue weighted by molar-refractivity contribution is 0.192. The van der Waals surface area contributed by atoms with Crippen molar-refractivity contribution >= 4 is 22.7 Å². The van der Waals surface area contributed by atoms with Gasteiger partial charge in [0.15, 0.2) is 0 Å². The van der Waals surface area contributed by atoms with Crippen LogP contribution in [0.4, 0.5) is 0 Å². The predicted molar refractivity (Wildman–Crippen MR) is 90.5 cm³/mol. The van der Waals surface area contributed by atoms with E-state index in [9.17, 15) is 0 Å². The molecule has 0 radical (unpaired) electrons. The monoisotopic (exact) mass is 314 g/mol. The SMILES string of the molecule is C=CC(/N=C(\C)Cl)=C(\CCCCCCCOC)C(=N)OC. The molecule has 0 atom stereocenters. The van der Waals surface area contributed by atoms with E-state index in [0.717, 1.165) is 44.3 Å². The number of nitrogens with zero attached hydrogens (tertiary/aromatic N) is 1. The number of ether oxygens (including phenoxy) is 2. The Balaban J connectivity index is 4.51. The predicted octanol–water partition coefficient (Wildman–Crippen LogP) is 4.69. The van der Waals surface area contributed by atoms with Crippen LogP contribution in [0, 0.1) is 5.41 Å². The third kappa shape index (κ3) is 9.43. The summed E-state index contributed by atoms with van der Waals surface area (Å²) in [6.07, 6.45) is 7.89. The van der Waals surface area contributed by atoms with Crippen molar-refractivity contribution in [3.05, 3.63) is 23.9 Å². The van der Waals surface area contributed by atoms with Gasteiger partial charge in [0, 0.05) is 19.3 Å². The van der Waals surface area contributed by atoms with Gasteiger partial charge in [-0.25, -0.2) is 4.99 Å². The Hall–Kier alpha value is -1.13. The van der Waals surface area contributed by atoms with Crippen LogP contribution in [0.1, 0.15) is 45.4 Å². The number of halogens is 1. The second-order valence-electron chi connectivity index (χ2n) is 4.72. The molecule has 0 aliphatic rings. The van der Waals surface area contributed by atoms with Crippen molar-refractivity contribution in [1.29, 1.82) is 5.41 Å². The number of methoxy groups -OCH3 is 2. The van der Waals surface area contributed by atoms with Gasteiger partial charge >= 0.3 is 0 Å². The highest BCUT2D eigenvalue weighted by Crippen LogP contribution is 2.19. The first-order chi connectivity index (χ1) is 10.1. The van der Waals surface area contributed by atoms with Crippen LogP contribution in [0.3, 0.4) is 0 Å². The first-order valence-electron chi connectivity index (χ1n) is 7.25. The van der Waals surface area contributed by atoms with Crippen LogP contribution < -0.4 is 0 Å². The van der Waals surface area contributed by atoms with Crippen molar-refractivity contribution in [2.24, 2.45) is 4.99 Å². The van der Waals surface area contributed by atoms with Gasteiger partial charge in [0.25, 0.3) is 0 Å². The Labute approximate surface area is 133 Å². The van der Waals surface area contributed by atoms with Crippen molar-refractivity contribution < 1.29 is 9.47 Å². The van der Waals surface area contributed by atoms with Crippen molar-refractivity contribution in [2.45, 2.75) is 45.4 Å². The van der Waals surface area contributed by atoms with E-state index in [1.54, 1.807) is 20.1 Å². The number of rotatable bonds is 11. The van der Waals surface area contributed by atoms with Gasteiger partial charge in [-0.1, -0.05) is 37.4 Å². The minimum atomic E-state index is 0.131. The lowest BCUT2D eigenvalue weighted by atomic mass is 10.0. The summed E-state index contributed by atoms with van der Waals surface area (Å²) >= 11 is 5.82. The molecule has 120 valence electrons. The molecule has 0 aromatic rings. The second-order valence-corrected chi connectivity index (χ2v) is 5.27. The molecular formula is C16H27ClN2O2. The first-order valence-corrected chi connectivity index (χ1v) is 7.62. The summed E-state index contributed by atoms with van der Waals surface area (Å²) in [5.41, 5.74) is 1.37. The summed E-state index contributed by atoms with van der Waals surface area (Å²) in [5.74, 6) is 0.131. The molecule has 5 heteroatoms. The third-order valence-corrected chi connectivity index (χ3v) is 3.12. The number of hydrogen-bond acceptors (Lipinski definition) is 4. The molecule has 0 spiro atoms. The van der Waals surface area contributed by atoms with Gasteiger partial charge in [0.1, 0.15) is 5.17 Å². The number of hydrogen-bond donors (Lipinski definition) is 1. The summed E-state index contributed by atoms with van der Waals surface area (Å²) < 4.78 is 10.1. The molecule has 0 aromatic carbocycles. The molecule has 0 aromatic heterocycles. The molecule has 21 heavy (non-hydrogen) atoms. The number of nitrogens with one attached hydrogen (secondary N) is 1. The average Bonchev–Trinajstić information content (AvgIpc) is 2.47. The van der Waals surface area contributed by atoms with E-state index in [1.165, 1.54) is 13.5 Å². The van der Waals surface area contributed by atoms with Crippen molar-refractivity contribution in [2.75, 3.05) is 20.8 Å². The molecule has 0 saturated carbocycles. The number of aliphatic imine (C=N–C) groups is 1. The fourth-order valence-electron chi connectivity index (χ4n) is 1.96. The Morgan fingerprint density at radius 2 is 1.81 bits per heavy atom. The lowest BCUT2D eigenvalue weighted by Crippen LogP contribution is -2.06. The average molecular weight is 315 g/mol. The third-order valence-electron chi connectivity index (χ3n) is 3.03. The molecule has 0 amide bonds. The summed E-state index contributed by atoms with van der Waals surface area (Å²) in [6.45, 7) is 6.27. The fourth-order valence-corrected chi connectivity index (χ4v) is 2.05. The van der Waals surface area contributed by atoms with E-state index in [1.807, 2.05) is 0 Å². The summed E-state index contributed by atoms with van der Waals surface area (Å²) in [4.78, 5) is 4.21. The van der Waals surface area contributed by atoms with Crippen LogP contribution in [0.5, 0.6) is 0 Å². The minimum absolute atomic E-state index is 0.131. The van der Waals surface area contributed by atoms with E-state index in [4.69, 9.17) is 26.5 Å². The molecule has 1 N–H and O–H groups in total. The van der Waals surface area contributed by atoms with Crippen LogP contribution in [0.15, 0.2) is 28.9 Å². The van der Waals surface area contributed by atoms with Gasteiger partial charge in [-0.3, -0.25) is 5.41 Å². The Morgan fingerprint density at radius 3 is 2.33 bits per heavy atom. The topological polar surface area (TPSA) is 54.7 Å². The zero-order valence-corrected chi connectivity index (χ0v) is 14.1. The largest absolute Gasteiger partial charge is 0.481 e. The molecule has 0 fully saturated rings. The Morgan fingerprint density at radius 1 is 1.19 bits per heavy atom. The van der Waals surface area contributed by atoms with Crippen LogP contribution in [-0.2, 0) is 9.47 Å². The molecule has 0 heterocycles. The number of unbranched alkanes of at least 4 members (excludes halogenated alkanes) is 4. The highest BCUT2D eigenvalue weighted by atomic mass is 35.5. The standard InChI is InChI=1S/C16H27ClN2O2/c1-5-15(19-13(2)17)14(16(18)21-4)11-9-7-6-8-10-12-20-3/h5,18H,1,6-12H2,2-4H3/b15-14-,18-16?,19-13+. The smallest absolute Gasteiger partial charge is 0.210 e. The van der Waals surface area contributed by atoms with Crippen molar-refractivity contribution in [1.82, 2.24) is 0 Å². The first kappa shape index (κ1) is 19.9. The van der Waals surface area contributed by atoms with Gasteiger partial charge in [-0.15, -0.1) is 0 Å². The zero-order chi connectivity index (χ0) is 16.1. The molecule has 0 rings (SSSR count). The van der Waals surface area contributed by atoms with Gasteiger partial charge in [-0.2, -0.15) is 0 Å². The van der Waals surface area contributed by atoms with Crippen LogP contribution in [0.25, 0.3) is 0 Å². The molecular weight excluding hydrogens is 288 g/mol. The lowest BCUT2D eigenvalue weighted by Gasteiger charge is -2.10. The van der Waals surface area contributed by atoms with E-state index in [-0.39, 0.29) is 5.90 Å². The van der Waals surface area contributed by atoms with Gasteiger partial charge < -0.3 is 9.47 Å². The quantitative estimate of drug-likeness (QED) is 0.260. The summed E-state index contributed by atoms with van der Waals surface area (Å²) in [5, 5.41) is 8.31. The molecule has 0 aliphatic carbocycles. The van der Waals surface area contributed by atoms with Crippen LogP contribution >= 0.6 is 11.6 Å². The normalized spacial score (nSPS) is 12.9. The zero-order valence-electron chi connectivity index (χ0n) is 13.4. The van der Waals surface area contributed by atoms with E-state index in [0.29, 0.717) is 10.9 Å². The summed E-state index contributed by atoms with van der Waals surface area (Å²) in [6, 6.07) is 0. The molecule has 0 aliphatic heterocycles. The van der Waals surface area contributed by atoms with Crippen LogP contribution in [-0.4, -0.2) is 31.9 Å². The second kappa shape index (κ2) is 12.6. The molecule has 4 nitrogen and oxygen atoms in total. The molecule has 0 unspecified atom stereocenters. The van der Waals surface area contributed by atoms with Gasteiger partial charge in [0.2, 0.25) is 5.90 Å². The van der Waals surface area contributed by atoms with Gasteiger partial charge in [-0.05, 0) is 32.3 Å². The number of allylic oxidation sites excluding steroid dienone is 1. The van der Waals surface area contributed by atoms with E-state index < -0.39 is 0 Å². The van der Waals surface area contributed by atoms with Crippen molar-refractivity contribution in [3.8, 4) is 0 Å². The molecule has 0 bridgehead atoms. The Kier molecular flexibility index (Phi) is 11.9. The van der Waals surface area contributed by atoms with E-state index in [2.05, 4.69) is 11.6 Å². The molecule has 0 saturated heterocycles.